The number of aliphatic hydroxyl groups is 1. The van der Waals surface area contributed by atoms with E-state index in [0.717, 1.165) is 5.56 Å². The fraction of sp³-hybridized carbons (Fsp3) is 0.533. The lowest BCUT2D eigenvalue weighted by Gasteiger charge is -2.28. The number of nitrogens with two attached hydrogens (primary N) is 1. The number of carbonyl (C=O) groups excluding carboxylic acids is 1. The van der Waals surface area contributed by atoms with Crippen molar-refractivity contribution in [2.75, 3.05) is 7.11 Å². The summed E-state index contributed by atoms with van der Waals surface area (Å²) in [5.74, 6) is -0.706. The summed E-state index contributed by atoms with van der Waals surface area (Å²) in [5, 5.41) is 10.0. The number of ether oxygens (including phenoxy) is 2. The molecular weight excluding hydrogens is 258 g/mol. The molecule has 2 unspecified atom stereocenters. The molecule has 1 amide bonds. The first kappa shape index (κ1) is 16.5. The topological polar surface area (TPSA) is 81.8 Å². The summed E-state index contributed by atoms with van der Waals surface area (Å²) < 4.78 is 10.5. The average molecular weight is 281 g/mol. The van der Waals surface area contributed by atoms with Crippen LogP contribution in [0.3, 0.4) is 0 Å². The largest absolute Gasteiger partial charge is 0.497 e. The van der Waals surface area contributed by atoms with Gasteiger partial charge in [-0.3, -0.25) is 4.79 Å². The Hall–Kier alpha value is -1.59. The number of carbonyl (C=O) groups is 1. The molecule has 1 aromatic rings. The number of rotatable bonds is 6. The predicted molar refractivity (Wildman–Crippen MR) is 76.2 cm³/mol. The molecule has 1 aromatic carbocycles. The fourth-order valence-corrected chi connectivity index (χ4v) is 1.84. The van der Waals surface area contributed by atoms with E-state index < -0.39 is 23.7 Å². The number of primary amides is 1. The number of amides is 1. The van der Waals surface area contributed by atoms with Gasteiger partial charge in [0.25, 0.3) is 0 Å². The highest BCUT2D eigenvalue weighted by Gasteiger charge is 2.29. The molecule has 5 nitrogen and oxygen atoms in total. The monoisotopic (exact) mass is 281 g/mol. The Bertz CT molecular complexity index is 453. The lowest BCUT2D eigenvalue weighted by atomic mass is 9.97. The van der Waals surface area contributed by atoms with Gasteiger partial charge in [0.05, 0.1) is 18.6 Å². The molecule has 0 radical (unpaired) electrons. The summed E-state index contributed by atoms with van der Waals surface area (Å²) in [6, 6.07) is 7.29. The van der Waals surface area contributed by atoms with E-state index >= 15 is 0 Å². The molecule has 0 aliphatic rings. The number of methoxy groups -OCH3 is 1. The molecule has 0 aliphatic heterocycles. The van der Waals surface area contributed by atoms with Crippen LogP contribution in [0.25, 0.3) is 0 Å². The maximum absolute atomic E-state index is 11.5. The third kappa shape index (κ3) is 5.19. The minimum absolute atomic E-state index is 0.295. The van der Waals surface area contributed by atoms with Gasteiger partial charge >= 0.3 is 0 Å². The minimum atomic E-state index is -1.24. The second-order valence-electron chi connectivity index (χ2n) is 5.69. The molecule has 0 saturated heterocycles. The number of aliphatic hydroxyl groups excluding tert-OH is 1. The van der Waals surface area contributed by atoms with E-state index in [9.17, 15) is 9.90 Å². The van der Waals surface area contributed by atoms with E-state index in [2.05, 4.69) is 0 Å². The highest BCUT2D eigenvalue weighted by Crippen LogP contribution is 2.21. The number of hydrogen-bond acceptors (Lipinski definition) is 4. The Morgan fingerprint density at radius 1 is 1.40 bits per heavy atom. The third-order valence-corrected chi connectivity index (χ3v) is 2.77. The Balaban J connectivity index is 2.84. The van der Waals surface area contributed by atoms with Crippen LogP contribution in [-0.4, -0.2) is 30.0 Å². The summed E-state index contributed by atoms with van der Waals surface area (Å²) in [5.41, 5.74) is 5.66. The van der Waals surface area contributed by atoms with Crippen molar-refractivity contribution >= 4 is 5.91 Å². The first-order valence-electron chi connectivity index (χ1n) is 6.51. The molecule has 0 aliphatic carbocycles. The van der Waals surface area contributed by atoms with Crippen LogP contribution < -0.4 is 10.5 Å². The van der Waals surface area contributed by atoms with Gasteiger partial charge in [-0.05, 0) is 44.9 Å². The van der Waals surface area contributed by atoms with Crippen LogP contribution in [0.1, 0.15) is 26.3 Å². The molecule has 20 heavy (non-hydrogen) atoms. The number of hydrogen-bond donors (Lipinski definition) is 2. The lowest BCUT2D eigenvalue weighted by molar-refractivity contribution is -0.193. The molecular formula is C15H23NO4. The van der Waals surface area contributed by atoms with Gasteiger partial charge in [-0.2, -0.15) is 0 Å². The van der Waals surface area contributed by atoms with Crippen LogP contribution in [0.15, 0.2) is 24.3 Å². The number of benzene rings is 1. The first-order valence-corrected chi connectivity index (χ1v) is 6.51. The normalized spacial score (nSPS) is 14.7. The minimum Gasteiger partial charge on any atom is -0.497 e. The zero-order valence-corrected chi connectivity index (χ0v) is 12.4. The summed E-state index contributed by atoms with van der Waals surface area (Å²) in [6.45, 7) is 5.42. The summed E-state index contributed by atoms with van der Waals surface area (Å²) >= 11 is 0. The van der Waals surface area contributed by atoms with Crippen molar-refractivity contribution in [1.82, 2.24) is 0 Å². The quantitative estimate of drug-likeness (QED) is 0.774. The van der Waals surface area contributed by atoms with E-state index in [4.69, 9.17) is 15.2 Å². The summed E-state index contributed by atoms with van der Waals surface area (Å²) in [7, 11) is 1.57. The van der Waals surface area contributed by atoms with E-state index in [1.807, 2.05) is 18.2 Å². The van der Waals surface area contributed by atoms with Crippen molar-refractivity contribution in [3.05, 3.63) is 29.8 Å². The molecule has 0 heterocycles. The molecule has 3 N–H and O–H groups in total. The summed E-state index contributed by atoms with van der Waals surface area (Å²) in [6.07, 6.45) is -0.942. The van der Waals surface area contributed by atoms with Crippen LogP contribution in [0.5, 0.6) is 5.75 Å². The molecule has 112 valence electrons. The van der Waals surface area contributed by atoms with E-state index in [1.165, 1.54) is 0 Å². The van der Waals surface area contributed by atoms with Crippen molar-refractivity contribution in [3.63, 3.8) is 0 Å². The molecule has 2 atom stereocenters. The maximum Gasteiger partial charge on any atom is 0.225 e. The molecule has 5 heteroatoms. The Labute approximate surface area is 119 Å². The van der Waals surface area contributed by atoms with Crippen LogP contribution >= 0.6 is 0 Å². The fourth-order valence-electron chi connectivity index (χ4n) is 1.84. The zero-order valence-electron chi connectivity index (χ0n) is 12.4. The molecule has 0 fully saturated rings. The highest BCUT2D eigenvalue weighted by molar-refractivity contribution is 5.77. The van der Waals surface area contributed by atoms with Gasteiger partial charge in [0, 0.05) is 0 Å². The highest BCUT2D eigenvalue weighted by atomic mass is 16.6. The Kier molecular flexibility index (Phi) is 5.53. The lowest BCUT2D eigenvalue weighted by Crippen LogP contribution is -2.40. The van der Waals surface area contributed by atoms with E-state index in [1.54, 1.807) is 33.9 Å². The van der Waals surface area contributed by atoms with Crippen LogP contribution in [0, 0.1) is 5.92 Å². The van der Waals surface area contributed by atoms with Gasteiger partial charge in [-0.1, -0.05) is 12.1 Å². The maximum atomic E-state index is 11.5. The van der Waals surface area contributed by atoms with Crippen LogP contribution in [0.4, 0.5) is 0 Å². The molecule has 0 aromatic heterocycles. The van der Waals surface area contributed by atoms with Gasteiger partial charge in [-0.15, -0.1) is 0 Å². The molecule has 0 bridgehead atoms. The van der Waals surface area contributed by atoms with Gasteiger partial charge in [0.15, 0.2) is 6.29 Å². The van der Waals surface area contributed by atoms with Gasteiger partial charge in [0.1, 0.15) is 5.75 Å². The van der Waals surface area contributed by atoms with Crippen molar-refractivity contribution in [3.8, 4) is 5.75 Å². The average Bonchev–Trinajstić information content (AvgIpc) is 2.33. The van der Waals surface area contributed by atoms with Gasteiger partial charge in [0.2, 0.25) is 5.91 Å². The van der Waals surface area contributed by atoms with Crippen molar-refractivity contribution in [1.29, 1.82) is 0 Å². The van der Waals surface area contributed by atoms with Crippen LogP contribution in [0.2, 0.25) is 0 Å². The van der Waals surface area contributed by atoms with E-state index in [0.29, 0.717) is 12.2 Å². The van der Waals surface area contributed by atoms with Gasteiger partial charge < -0.3 is 20.3 Å². The van der Waals surface area contributed by atoms with Gasteiger partial charge in [-0.25, -0.2) is 0 Å². The second kappa shape index (κ2) is 6.72. The smallest absolute Gasteiger partial charge is 0.225 e. The van der Waals surface area contributed by atoms with Crippen molar-refractivity contribution in [2.24, 2.45) is 11.7 Å². The van der Waals surface area contributed by atoms with Crippen molar-refractivity contribution < 1.29 is 19.4 Å². The molecule has 1 rings (SSSR count). The standard InChI is InChI=1S/C15H23NO4/c1-15(2,3)20-14(18)12(13(16)17)9-10-6-5-7-11(8-10)19-4/h5-8,12,14,18H,9H2,1-4H3,(H2,16,17). The van der Waals surface area contributed by atoms with Crippen LogP contribution in [-0.2, 0) is 16.0 Å². The second-order valence-corrected chi connectivity index (χ2v) is 5.69. The first-order chi connectivity index (χ1) is 9.23. The summed E-state index contributed by atoms with van der Waals surface area (Å²) in [4.78, 5) is 11.5. The van der Waals surface area contributed by atoms with Crippen molar-refractivity contribution in [2.45, 2.75) is 39.1 Å². The van der Waals surface area contributed by atoms with E-state index in [-0.39, 0.29) is 0 Å². The third-order valence-electron chi connectivity index (χ3n) is 2.77. The Morgan fingerprint density at radius 2 is 2.05 bits per heavy atom. The predicted octanol–water partition coefficient (Wildman–Crippen LogP) is 1.47. The SMILES string of the molecule is COc1cccc(CC(C(N)=O)C(O)OC(C)(C)C)c1. The Morgan fingerprint density at radius 3 is 2.55 bits per heavy atom. The molecule has 0 spiro atoms. The molecule has 0 saturated carbocycles. The zero-order chi connectivity index (χ0) is 15.3.